The lowest BCUT2D eigenvalue weighted by Crippen LogP contribution is -2.70. The van der Waals surface area contributed by atoms with Gasteiger partial charge in [-0.2, -0.15) is 0 Å². The molecule has 8 nitrogen and oxygen atoms in total. The molecule has 1 fully saturated rings. The van der Waals surface area contributed by atoms with Crippen molar-refractivity contribution in [3.05, 3.63) is 59.7 Å². The van der Waals surface area contributed by atoms with Gasteiger partial charge in [0.1, 0.15) is 12.6 Å². The van der Waals surface area contributed by atoms with Crippen molar-refractivity contribution in [3.8, 4) is 11.1 Å². The Kier molecular flexibility index (Phi) is 5.64. The molecule has 2 aromatic rings. The van der Waals surface area contributed by atoms with Crippen LogP contribution in [0.25, 0.3) is 11.1 Å². The number of rotatable bonds is 6. The molecule has 1 aliphatic heterocycles. The smallest absolute Gasteiger partial charge is 0.407 e. The number of amides is 2. The first-order valence-corrected chi connectivity index (χ1v) is 10.6. The average molecular weight is 438 g/mol. The van der Waals surface area contributed by atoms with Crippen molar-refractivity contribution in [1.82, 2.24) is 10.2 Å². The van der Waals surface area contributed by atoms with Gasteiger partial charge in [0.15, 0.2) is 5.60 Å². The van der Waals surface area contributed by atoms with E-state index in [2.05, 4.69) is 5.32 Å². The van der Waals surface area contributed by atoms with Gasteiger partial charge in [-0.05, 0) is 28.2 Å². The molecule has 0 bridgehead atoms. The van der Waals surface area contributed by atoms with E-state index in [0.29, 0.717) is 0 Å². The van der Waals surface area contributed by atoms with Gasteiger partial charge in [0, 0.05) is 5.92 Å². The van der Waals surface area contributed by atoms with Gasteiger partial charge >= 0.3 is 12.1 Å². The number of ether oxygens (including phenoxy) is 1. The Hall–Kier alpha value is -3.39. The number of carboxylic acids is 1. The minimum Gasteiger partial charge on any atom is -0.479 e. The van der Waals surface area contributed by atoms with Crippen molar-refractivity contribution in [1.29, 1.82) is 0 Å². The summed E-state index contributed by atoms with van der Waals surface area (Å²) >= 11 is 0. The molecule has 32 heavy (non-hydrogen) atoms. The van der Waals surface area contributed by atoms with Crippen LogP contribution in [0.15, 0.2) is 48.5 Å². The van der Waals surface area contributed by atoms with Crippen LogP contribution in [0, 0.1) is 5.92 Å². The molecule has 4 rings (SSSR count). The van der Waals surface area contributed by atoms with Crippen LogP contribution in [-0.2, 0) is 14.3 Å². The van der Waals surface area contributed by atoms with Crippen molar-refractivity contribution in [2.24, 2.45) is 5.92 Å². The molecule has 2 amide bonds. The van der Waals surface area contributed by atoms with E-state index in [0.717, 1.165) is 22.3 Å². The second kappa shape index (κ2) is 8.27. The molecular formula is C24H26N2O6. The van der Waals surface area contributed by atoms with E-state index in [-0.39, 0.29) is 31.5 Å². The van der Waals surface area contributed by atoms with Crippen molar-refractivity contribution < 1.29 is 29.3 Å². The molecule has 1 heterocycles. The number of β-amino-alcohol motifs (C(OH)–C–C–N with tert-alkyl or cyclic N) is 1. The third kappa shape index (κ3) is 3.82. The maximum atomic E-state index is 12.8. The van der Waals surface area contributed by atoms with Crippen LogP contribution in [0.1, 0.15) is 30.9 Å². The Morgan fingerprint density at radius 2 is 1.59 bits per heavy atom. The predicted molar refractivity (Wildman–Crippen MR) is 116 cm³/mol. The van der Waals surface area contributed by atoms with Crippen LogP contribution in [-0.4, -0.2) is 64.4 Å². The van der Waals surface area contributed by atoms with Crippen LogP contribution in [0.3, 0.4) is 0 Å². The predicted octanol–water partition coefficient (Wildman–Crippen LogP) is 2.21. The first-order valence-electron chi connectivity index (χ1n) is 10.6. The first-order chi connectivity index (χ1) is 15.2. The topological polar surface area (TPSA) is 116 Å². The number of carbonyl (C=O) groups excluding carboxylic acids is 2. The van der Waals surface area contributed by atoms with Gasteiger partial charge in [-0.25, -0.2) is 9.59 Å². The molecule has 1 aliphatic carbocycles. The highest BCUT2D eigenvalue weighted by Crippen LogP contribution is 2.44. The molecule has 0 aromatic heterocycles. The highest BCUT2D eigenvalue weighted by molar-refractivity contribution is 5.90. The monoisotopic (exact) mass is 438 g/mol. The molecule has 3 N–H and O–H groups in total. The van der Waals surface area contributed by atoms with E-state index in [1.165, 1.54) is 4.90 Å². The van der Waals surface area contributed by atoms with Gasteiger partial charge in [-0.3, -0.25) is 4.79 Å². The van der Waals surface area contributed by atoms with Gasteiger partial charge in [0.05, 0.1) is 13.1 Å². The number of aliphatic hydroxyl groups is 1. The van der Waals surface area contributed by atoms with E-state index in [1.54, 1.807) is 13.8 Å². The second-order valence-electron chi connectivity index (χ2n) is 8.72. The molecule has 0 saturated carbocycles. The Morgan fingerprint density at radius 3 is 2.09 bits per heavy atom. The van der Waals surface area contributed by atoms with Crippen LogP contribution >= 0.6 is 0 Å². The van der Waals surface area contributed by atoms with Gasteiger partial charge in [-0.1, -0.05) is 62.4 Å². The van der Waals surface area contributed by atoms with E-state index >= 15 is 0 Å². The van der Waals surface area contributed by atoms with Crippen molar-refractivity contribution in [2.45, 2.75) is 31.4 Å². The van der Waals surface area contributed by atoms with E-state index in [9.17, 15) is 19.5 Å². The van der Waals surface area contributed by atoms with Crippen molar-refractivity contribution in [2.75, 3.05) is 19.7 Å². The summed E-state index contributed by atoms with van der Waals surface area (Å²) in [4.78, 5) is 37.6. The van der Waals surface area contributed by atoms with E-state index in [4.69, 9.17) is 9.84 Å². The SMILES string of the molecule is CC(C)C(NC(=O)OCC1c2ccccc2-c2ccccc21)C(=O)N1CC(O)(C(=O)O)C1. The van der Waals surface area contributed by atoms with E-state index in [1.807, 2.05) is 48.5 Å². The van der Waals surface area contributed by atoms with Crippen LogP contribution < -0.4 is 5.32 Å². The number of nitrogens with one attached hydrogen (secondary N) is 1. The lowest BCUT2D eigenvalue weighted by molar-refractivity contribution is -0.183. The molecule has 1 saturated heterocycles. The number of alkyl carbamates (subject to hydrolysis) is 1. The maximum absolute atomic E-state index is 12.8. The summed E-state index contributed by atoms with van der Waals surface area (Å²) in [7, 11) is 0. The van der Waals surface area contributed by atoms with Gasteiger partial charge < -0.3 is 25.2 Å². The summed E-state index contributed by atoms with van der Waals surface area (Å²) in [5, 5.41) is 21.5. The van der Waals surface area contributed by atoms with Crippen LogP contribution in [0.2, 0.25) is 0 Å². The third-order valence-corrected chi connectivity index (χ3v) is 6.16. The molecule has 0 spiro atoms. The zero-order valence-electron chi connectivity index (χ0n) is 17.9. The molecule has 0 radical (unpaired) electrons. The van der Waals surface area contributed by atoms with Crippen LogP contribution in [0.5, 0.6) is 0 Å². The number of fused-ring (bicyclic) bond motifs is 3. The Balaban J connectivity index is 1.40. The summed E-state index contributed by atoms with van der Waals surface area (Å²) in [6, 6.07) is 15.1. The molecule has 8 heteroatoms. The fraction of sp³-hybridized carbons (Fsp3) is 0.375. The third-order valence-electron chi connectivity index (χ3n) is 6.16. The number of aliphatic carboxylic acids is 1. The van der Waals surface area contributed by atoms with Gasteiger partial charge in [0.2, 0.25) is 5.91 Å². The summed E-state index contributed by atoms with van der Waals surface area (Å²) in [6.07, 6.45) is -0.715. The van der Waals surface area contributed by atoms with Gasteiger partial charge in [0.25, 0.3) is 0 Å². The zero-order chi connectivity index (χ0) is 23.0. The van der Waals surface area contributed by atoms with Crippen LogP contribution in [0.4, 0.5) is 4.79 Å². The summed E-state index contributed by atoms with van der Waals surface area (Å²) in [5.41, 5.74) is 2.49. The highest BCUT2D eigenvalue weighted by Gasteiger charge is 2.51. The minimum absolute atomic E-state index is 0.0951. The molecular weight excluding hydrogens is 412 g/mol. The Labute approximate surface area is 185 Å². The number of benzene rings is 2. The molecule has 2 aliphatic rings. The average Bonchev–Trinajstić information content (AvgIpc) is 3.07. The molecule has 2 aromatic carbocycles. The fourth-order valence-corrected chi connectivity index (χ4v) is 4.35. The lowest BCUT2D eigenvalue weighted by Gasteiger charge is -2.44. The van der Waals surface area contributed by atoms with Crippen molar-refractivity contribution in [3.63, 3.8) is 0 Å². The summed E-state index contributed by atoms with van der Waals surface area (Å²) in [5.74, 6) is -2.16. The number of carboxylic acid groups (broad SMARTS) is 1. The minimum atomic E-state index is -1.93. The quantitative estimate of drug-likeness (QED) is 0.637. The molecule has 1 atom stereocenters. The maximum Gasteiger partial charge on any atom is 0.407 e. The largest absolute Gasteiger partial charge is 0.479 e. The number of likely N-dealkylation sites (tertiary alicyclic amines) is 1. The first kappa shape index (κ1) is 21.8. The zero-order valence-corrected chi connectivity index (χ0v) is 17.9. The second-order valence-corrected chi connectivity index (χ2v) is 8.72. The van der Waals surface area contributed by atoms with Gasteiger partial charge in [-0.15, -0.1) is 0 Å². The molecule has 1 unspecified atom stereocenters. The number of carbonyl (C=O) groups is 3. The molecule has 168 valence electrons. The van der Waals surface area contributed by atoms with E-state index < -0.39 is 29.6 Å². The summed E-state index contributed by atoms with van der Waals surface area (Å²) in [6.45, 7) is 3.06. The normalized spacial score (nSPS) is 17.2. The van der Waals surface area contributed by atoms with Crippen molar-refractivity contribution >= 4 is 18.0 Å². The lowest BCUT2D eigenvalue weighted by atomic mass is 9.92. The number of hydrogen-bond donors (Lipinski definition) is 3. The highest BCUT2D eigenvalue weighted by atomic mass is 16.5. The number of hydrogen-bond acceptors (Lipinski definition) is 5. The standard InChI is InChI=1S/C24H26N2O6/c1-14(2)20(21(27)26-12-24(31,13-26)22(28)29)25-23(30)32-11-19-17-9-5-3-7-15(17)16-8-4-6-10-18(16)19/h3-10,14,19-20,31H,11-13H2,1-2H3,(H,25,30)(H,28,29). The number of nitrogens with zero attached hydrogens (tertiary/aromatic N) is 1. The fourth-order valence-electron chi connectivity index (χ4n) is 4.35. The Bertz CT molecular complexity index is 1010. The summed E-state index contributed by atoms with van der Waals surface area (Å²) < 4.78 is 5.52. The Morgan fingerprint density at radius 1 is 1.06 bits per heavy atom.